The Labute approximate surface area is 261 Å². The summed E-state index contributed by atoms with van der Waals surface area (Å²) in [6, 6.07) is 11.2. The Morgan fingerprint density at radius 3 is 1.95 bits per heavy atom. The van der Waals surface area contributed by atoms with Gasteiger partial charge >= 0.3 is 11.9 Å². The summed E-state index contributed by atoms with van der Waals surface area (Å²) in [7, 11) is 0. The zero-order chi connectivity index (χ0) is 32.9. The average Bonchev–Trinajstić information content (AvgIpc) is 3.46. The first-order valence-electron chi connectivity index (χ1n) is 15.8. The van der Waals surface area contributed by atoms with Gasteiger partial charge in [0.15, 0.2) is 0 Å². The molecule has 0 radical (unpaired) electrons. The fraction of sp³-hybridized carbons (Fsp3) is 0.595. The van der Waals surface area contributed by atoms with E-state index in [0.717, 1.165) is 50.5 Å². The molecule has 0 aliphatic heterocycles. The minimum atomic E-state index is -0.619. The number of hydrogen-bond donors (Lipinski definition) is 1. The number of carbonyl (C=O) groups excluding carboxylic acids is 2. The number of nitrogens with zero attached hydrogens (tertiary/aromatic N) is 1. The molecule has 1 atom stereocenters. The summed E-state index contributed by atoms with van der Waals surface area (Å²) in [5.74, 6) is 0.651. The smallest absolute Gasteiger partial charge is 0.312 e. The summed E-state index contributed by atoms with van der Waals surface area (Å²) in [5, 5.41) is 9.16. The molecule has 1 aliphatic rings. The van der Waals surface area contributed by atoms with E-state index in [1.807, 2.05) is 91.8 Å². The van der Waals surface area contributed by atoms with Gasteiger partial charge in [-0.3, -0.25) is 14.6 Å². The lowest BCUT2D eigenvalue weighted by molar-refractivity contribution is -0.168. The van der Waals surface area contributed by atoms with Crippen LogP contribution in [0.4, 0.5) is 0 Å². The van der Waals surface area contributed by atoms with Crippen LogP contribution in [0.5, 0.6) is 5.75 Å². The van der Waals surface area contributed by atoms with Crippen molar-refractivity contribution in [3.63, 3.8) is 0 Å². The molecule has 3 rings (SSSR count). The zero-order valence-corrected chi connectivity index (χ0v) is 28.5. The molecule has 6 nitrogen and oxygen atoms in total. The lowest BCUT2D eigenvalue weighted by Gasteiger charge is -2.30. The molecule has 0 amide bonds. The maximum atomic E-state index is 12.0. The van der Waals surface area contributed by atoms with Gasteiger partial charge in [-0.1, -0.05) is 46.4 Å². The highest BCUT2D eigenvalue weighted by atomic mass is 16.6. The summed E-state index contributed by atoms with van der Waals surface area (Å²) < 4.78 is 11.3. The molecule has 0 bridgehead atoms. The number of pyridine rings is 1. The van der Waals surface area contributed by atoms with Crippen LogP contribution in [-0.4, -0.2) is 27.6 Å². The van der Waals surface area contributed by atoms with Crippen LogP contribution in [-0.2, 0) is 24.7 Å². The standard InChI is InChI=1S/C14H21NO2.C13H22O2.C10H14O/c1-6-13(2,3)12(16)17-14(4,5)11-7-9-15-10-8-11;1-5-12(3,4)11(14)15-13(6-2)9-7-8-10-13;1-3-8(2)9-5-4-6-10(11)7-9/h7-10H,6H2,1-5H3;6H,2,5,7-10H2,1,3-4H3;4-8,11H,3H2,1-2H3. The van der Waals surface area contributed by atoms with E-state index in [0.29, 0.717) is 11.7 Å². The lowest BCUT2D eigenvalue weighted by atomic mass is 9.90. The predicted octanol–water partition coefficient (Wildman–Crippen LogP) is 9.67. The maximum Gasteiger partial charge on any atom is 0.312 e. The summed E-state index contributed by atoms with van der Waals surface area (Å²) in [6.45, 7) is 23.6. The molecular weight excluding hydrogens is 538 g/mol. The molecule has 2 aromatic rings. The molecule has 1 fully saturated rings. The molecule has 0 saturated heterocycles. The predicted molar refractivity (Wildman–Crippen MR) is 176 cm³/mol. The molecule has 43 heavy (non-hydrogen) atoms. The molecule has 1 aromatic carbocycles. The van der Waals surface area contributed by atoms with E-state index in [1.54, 1.807) is 18.5 Å². The van der Waals surface area contributed by atoms with Crippen molar-refractivity contribution in [1.29, 1.82) is 0 Å². The second-order valence-corrected chi connectivity index (χ2v) is 13.4. The maximum absolute atomic E-state index is 12.0. The van der Waals surface area contributed by atoms with Crippen molar-refractivity contribution in [2.45, 2.75) is 131 Å². The zero-order valence-electron chi connectivity index (χ0n) is 28.5. The molecule has 1 heterocycles. The number of carbonyl (C=O) groups is 2. The van der Waals surface area contributed by atoms with Gasteiger partial charge in [-0.05, 0) is 134 Å². The minimum Gasteiger partial charge on any atom is -0.508 e. The Morgan fingerprint density at radius 2 is 1.49 bits per heavy atom. The van der Waals surface area contributed by atoms with Crippen LogP contribution in [0, 0.1) is 10.8 Å². The Balaban J connectivity index is 0.000000330. The van der Waals surface area contributed by atoms with Crippen LogP contribution < -0.4 is 0 Å². The van der Waals surface area contributed by atoms with Crippen LogP contribution in [0.2, 0.25) is 0 Å². The third-order valence-corrected chi connectivity index (χ3v) is 8.77. The first-order valence-corrected chi connectivity index (χ1v) is 15.8. The normalized spacial score (nSPS) is 15.1. The molecule has 1 aliphatic carbocycles. The molecular formula is C37H57NO5. The largest absolute Gasteiger partial charge is 0.508 e. The van der Waals surface area contributed by atoms with Crippen molar-refractivity contribution in [3.05, 3.63) is 72.6 Å². The quantitative estimate of drug-likeness (QED) is 0.217. The van der Waals surface area contributed by atoms with Crippen LogP contribution >= 0.6 is 0 Å². The van der Waals surface area contributed by atoms with E-state index in [9.17, 15) is 9.59 Å². The number of esters is 2. The van der Waals surface area contributed by atoms with Gasteiger partial charge in [0.2, 0.25) is 0 Å². The first-order chi connectivity index (χ1) is 20.0. The number of rotatable bonds is 10. The van der Waals surface area contributed by atoms with Crippen LogP contribution in [0.3, 0.4) is 0 Å². The molecule has 1 saturated carbocycles. The number of hydrogen-bond acceptors (Lipinski definition) is 6. The minimum absolute atomic E-state index is 0.0909. The molecule has 0 spiro atoms. The van der Waals surface area contributed by atoms with Gasteiger partial charge in [0, 0.05) is 12.4 Å². The fourth-order valence-electron chi connectivity index (χ4n) is 4.18. The van der Waals surface area contributed by atoms with Crippen molar-refractivity contribution < 1.29 is 24.2 Å². The second-order valence-electron chi connectivity index (χ2n) is 13.4. The highest BCUT2D eigenvalue weighted by molar-refractivity contribution is 5.77. The van der Waals surface area contributed by atoms with E-state index in [-0.39, 0.29) is 23.0 Å². The van der Waals surface area contributed by atoms with Gasteiger partial charge in [0.1, 0.15) is 17.0 Å². The number of aromatic hydroxyl groups is 1. The molecule has 6 heteroatoms. The van der Waals surface area contributed by atoms with Gasteiger partial charge in [0.25, 0.3) is 0 Å². The Kier molecular flexibility index (Phi) is 14.6. The van der Waals surface area contributed by atoms with Crippen molar-refractivity contribution in [2.75, 3.05) is 0 Å². The van der Waals surface area contributed by atoms with Crippen molar-refractivity contribution in [2.24, 2.45) is 10.8 Å². The van der Waals surface area contributed by atoms with Crippen molar-refractivity contribution in [3.8, 4) is 5.75 Å². The number of aromatic nitrogens is 1. The highest BCUT2D eigenvalue weighted by Crippen LogP contribution is 2.37. The Bertz CT molecular complexity index is 1150. The van der Waals surface area contributed by atoms with E-state index < -0.39 is 11.0 Å². The van der Waals surface area contributed by atoms with Gasteiger partial charge in [-0.15, -0.1) is 0 Å². The van der Waals surface area contributed by atoms with E-state index in [4.69, 9.17) is 14.6 Å². The fourth-order valence-corrected chi connectivity index (χ4v) is 4.18. The topological polar surface area (TPSA) is 85.7 Å². The van der Waals surface area contributed by atoms with E-state index >= 15 is 0 Å². The first kappa shape index (κ1) is 37.9. The van der Waals surface area contributed by atoms with Crippen LogP contribution in [0.15, 0.2) is 61.4 Å². The average molecular weight is 596 g/mol. The van der Waals surface area contributed by atoms with Crippen molar-refractivity contribution in [1.82, 2.24) is 4.98 Å². The number of phenols is 1. The summed E-state index contributed by atoms with van der Waals surface area (Å²) in [6.07, 6.45) is 12.0. The van der Waals surface area contributed by atoms with Crippen LogP contribution in [0.1, 0.15) is 131 Å². The Morgan fingerprint density at radius 1 is 0.953 bits per heavy atom. The number of ether oxygens (including phenoxy) is 2. The van der Waals surface area contributed by atoms with Gasteiger partial charge in [-0.25, -0.2) is 0 Å². The Hall–Kier alpha value is -3.15. The number of phenolic OH excluding ortho intramolecular Hbond substituents is 1. The third-order valence-electron chi connectivity index (χ3n) is 8.77. The highest BCUT2D eigenvalue weighted by Gasteiger charge is 2.39. The lowest BCUT2D eigenvalue weighted by Crippen LogP contribution is -2.36. The molecule has 240 valence electrons. The summed E-state index contributed by atoms with van der Waals surface area (Å²) in [5.41, 5.74) is 0.360. The molecule has 1 aromatic heterocycles. The van der Waals surface area contributed by atoms with E-state index in [1.165, 1.54) is 5.56 Å². The molecule has 1 unspecified atom stereocenters. The van der Waals surface area contributed by atoms with Gasteiger partial charge < -0.3 is 14.6 Å². The van der Waals surface area contributed by atoms with E-state index in [2.05, 4.69) is 25.4 Å². The third kappa shape index (κ3) is 11.8. The number of benzene rings is 1. The summed E-state index contributed by atoms with van der Waals surface area (Å²) in [4.78, 5) is 28.0. The summed E-state index contributed by atoms with van der Waals surface area (Å²) >= 11 is 0. The van der Waals surface area contributed by atoms with Gasteiger partial charge in [0.05, 0.1) is 10.8 Å². The monoisotopic (exact) mass is 595 g/mol. The van der Waals surface area contributed by atoms with Crippen molar-refractivity contribution >= 4 is 11.9 Å². The SMILES string of the molecule is C=CC1(OC(=O)C(C)(C)CC)CCCC1.CCC(C)(C)C(=O)OC(C)(C)c1ccncc1.CCC(C)c1cccc(O)c1. The second kappa shape index (κ2) is 16.6. The molecule has 1 N–H and O–H groups in total. The van der Waals surface area contributed by atoms with Gasteiger partial charge in [-0.2, -0.15) is 0 Å². The van der Waals surface area contributed by atoms with Crippen LogP contribution in [0.25, 0.3) is 0 Å².